The fraction of sp³-hybridized carbons (Fsp3) is 0.324. The van der Waals surface area contributed by atoms with E-state index in [1.807, 2.05) is 32.1 Å². The van der Waals surface area contributed by atoms with Crippen LogP contribution in [0.3, 0.4) is 0 Å². The van der Waals surface area contributed by atoms with E-state index in [1.165, 1.54) is 29.9 Å². The number of nitrogens with zero attached hydrogens (tertiary/aromatic N) is 4. The summed E-state index contributed by atoms with van der Waals surface area (Å²) in [5.41, 5.74) is 2.22. The maximum atomic E-state index is 15.0. The van der Waals surface area contributed by atoms with Crippen molar-refractivity contribution in [1.29, 1.82) is 0 Å². The molecule has 0 radical (unpaired) electrons. The number of aromatic nitrogens is 4. The number of ether oxygens (including phenoxy) is 2. The molecule has 0 saturated carbocycles. The zero-order valence-electron chi connectivity index (χ0n) is 28.4. The van der Waals surface area contributed by atoms with Crippen LogP contribution in [-0.2, 0) is 17.7 Å². The summed E-state index contributed by atoms with van der Waals surface area (Å²) in [5.74, 6) is -1.50. The number of benzene rings is 2. The van der Waals surface area contributed by atoms with Gasteiger partial charge in [-0.2, -0.15) is 0 Å². The van der Waals surface area contributed by atoms with Gasteiger partial charge in [0, 0.05) is 23.0 Å². The molecule has 12 heteroatoms. The zero-order valence-corrected chi connectivity index (χ0v) is 28.4. The molecule has 256 valence electrons. The summed E-state index contributed by atoms with van der Waals surface area (Å²) in [4.78, 5) is 41.0. The summed E-state index contributed by atoms with van der Waals surface area (Å²) < 4.78 is 42.6. The van der Waals surface area contributed by atoms with E-state index in [4.69, 9.17) is 9.47 Å². The monoisotopic (exact) mass is 671 g/mol. The molecule has 10 nitrogen and oxygen atoms in total. The third-order valence-electron chi connectivity index (χ3n) is 8.26. The van der Waals surface area contributed by atoms with E-state index in [2.05, 4.69) is 15.5 Å². The van der Waals surface area contributed by atoms with E-state index in [0.717, 1.165) is 39.8 Å². The van der Waals surface area contributed by atoms with E-state index in [1.54, 1.807) is 32.9 Å². The Morgan fingerprint density at radius 1 is 1.00 bits per heavy atom. The number of anilines is 1. The molecule has 2 aromatic carbocycles. The number of fused-ring (bicyclic) bond motifs is 1. The minimum atomic E-state index is -0.809. The minimum absolute atomic E-state index is 0.0642. The molecule has 0 aliphatic heterocycles. The number of carbonyl (C=O) groups excluding carboxylic acids is 1. The van der Waals surface area contributed by atoms with Gasteiger partial charge in [0.25, 0.3) is 5.56 Å². The first-order valence-electron chi connectivity index (χ1n) is 16.0. The number of methoxy groups -OCH3 is 1. The summed E-state index contributed by atoms with van der Waals surface area (Å²) >= 11 is 0. The number of carbonyl (C=O) groups is 1. The lowest BCUT2D eigenvalue weighted by Crippen LogP contribution is -2.44. The maximum absolute atomic E-state index is 15.0. The van der Waals surface area contributed by atoms with Gasteiger partial charge in [0.05, 0.1) is 19.2 Å². The first kappa shape index (κ1) is 34.9. The number of amides is 1. The predicted molar refractivity (Wildman–Crippen MR) is 184 cm³/mol. The number of hydrogen-bond acceptors (Lipinski definition) is 7. The lowest BCUT2D eigenvalue weighted by Gasteiger charge is -2.27. The van der Waals surface area contributed by atoms with Gasteiger partial charge >= 0.3 is 11.8 Å². The van der Waals surface area contributed by atoms with Crippen molar-refractivity contribution in [1.82, 2.24) is 19.3 Å². The molecule has 0 fully saturated rings. The van der Waals surface area contributed by atoms with Crippen molar-refractivity contribution < 1.29 is 23.0 Å². The van der Waals surface area contributed by atoms with Gasteiger partial charge < -0.3 is 9.47 Å². The third-order valence-corrected chi connectivity index (χ3v) is 8.26. The second-order valence-corrected chi connectivity index (χ2v) is 12.7. The van der Waals surface area contributed by atoms with Crippen LogP contribution in [0.25, 0.3) is 17.0 Å². The molecular formula is C37H39F2N5O5. The van der Waals surface area contributed by atoms with Crippen molar-refractivity contribution >= 4 is 22.9 Å². The highest BCUT2D eigenvalue weighted by molar-refractivity contribution is 5.94. The van der Waals surface area contributed by atoms with Crippen LogP contribution in [0.1, 0.15) is 76.3 Å². The molecule has 0 bridgehead atoms. The normalized spacial score (nSPS) is 13.3. The molecule has 5 rings (SSSR count). The van der Waals surface area contributed by atoms with E-state index in [-0.39, 0.29) is 29.2 Å². The predicted octanol–water partition coefficient (Wildman–Crippen LogP) is 7.07. The first-order chi connectivity index (χ1) is 23.3. The van der Waals surface area contributed by atoms with Crippen molar-refractivity contribution in [3.8, 4) is 11.7 Å². The molecule has 2 aromatic heterocycles. The Labute approximate surface area is 282 Å². The van der Waals surface area contributed by atoms with E-state index >= 15 is 0 Å². The molecule has 0 atom stereocenters. The largest absolute Gasteiger partial charge is 0.480 e. The first-order valence-corrected chi connectivity index (χ1v) is 16.0. The molecule has 49 heavy (non-hydrogen) atoms. The van der Waals surface area contributed by atoms with Gasteiger partial charge in [0.1, 0.15) is 17.2 Å². The van der Waals surface area contributed by atoms with Gasteiger partial charge in [-0.05, 0) is 100 Å². The molecule has 1 aliphatic carbocycles. The molecule has 2 heterocycles. The van der Waals surface area contributed by atoms with Crippen LogP contribution in [0.5, 0.6) is 5.88 Å². The highest BCUT2D eigenvalue weighted by Crippen LogP contribution is 2.38. The van der Waals surface area contributed by atoms with Crippen LogP contribution in [0.15, 0.2) is 75.8 Å². The number of hydrogen-bond donors (Lipinski definition) is 1. The average Bonchev–Trinajstić information content (AvgIpc) is 3.06. The van der Waals surface area contributed by atoms with E-state index < -0.39 is 41.1 Å². The average molecular weight is 672 g/mol. The van der Waals surface area contributed by atoms with Crippen LogP contribution in [0.4, 0.5) is 19.3 Å². The summed E-state index contributed by atoms with van der Waals surface area (Å²) in [6.07, 6.45) is 3.28. The van der Waals surface area contributed by atoms with Crippen LogP contribution in [0.2, 0.25) is 0 Å². The Kier molecular flexibility index (Phi) is 10.3. The number of nitrogens with one attached hydrogen (secondary N) is 1. The Bertz CT molecular complexity index is 2040. The Hall–Kier alpha value is -5.39. The Balaban J connectivity index is 1.73. The lowest BCUT2D eigenvalue weighted by molar-refractivity contribution is 0.0636. The van der Waals surface area contributed by atoms with E-state index in [9.17, 15) is 23.2 Å². The number of allylic oxidation sites excluding steroid dienone is 4. The summed E-state index contributed by atoms with van der Waals surface area (Å²) in [5, 5.41) is 10.8. The maximum Gasteiger partial charge on any atom is 0.412 e. The topological polar surface area (TPSA) is 117 Å². The van der Waals surface area contributed by atoms with Crippen molar-refractivity contribution in [3.05, 3.63) is 121 Å². The van der Waals surface area contributed by atoms with Crippen LogP contribution < -0.4 is 21.3 Å². The Morgan fingerprint density at radius 2 is 1.69 bits per heavy atom. The summed E-state index contributed by atoms with van der Waals surface area (Å²) in [6.45, 7) is 8.92. The highest BCUT2D eigenvalue weighted by atomic mass is 19.1. The number of rotatable bonds is 9. The quantitative estimate of drug-likeness (QED) is 0.189. The van der Waals surface area contributed by atoms with Crippen molar-refractivity contribution in [2.45, 2.75) is 72.4 Å². The molecule has 4 aromatic rings. The number of halogens is 2. The summed E-state index contributed by atoms with van der Waals surface area (Å²) in [7, 11) is 1.41. The lowest BCUT2D eigenvalue weighted by atomic mass is 9.83. The van der Waals surface area contributed by atoms with E-state index in [0.29, 0.717) is 29.8 Å². The standard InChI is InChI=1S/C37H39F2N5O5/c1-7-22(2)11-16-26-25(23-12-14-24(15-13-23)40-35(46)49-37(3,4)5)17-18-30-33(26)34(45)44(31-19-20-32(48-6)42-41-31)36(47)43(30)21-27-28(38)9-8-10-29(27)39/h8-15,19-20H,7,16-18,21H2,1-6H3,(H,40,46)/b22-11+. The van der Waals surface area contributed by atoms with Gasteiger partial charge in [-0.15, -0.1) is 10.2 Å². The van der Waals surface area contributed by atoms with Gasteiger partial charge in [-0.1, -0.05) is 36.8 Å². The smallest absolute Gasteiger partial charge is 0.412 e. The van der Waals surface area contributed by atoms with Gasteiger partial charge in [-0.25, -0.2) is 22.9 Å². The molecule has 0 saturated heterocycles. The summed E-state index contributed by atoms with van der Waals surface area (Å²) in [6, 6.07) is 13.6. The van der Waals surface area contributed by atoms with Crippen LogP contribution in [-0.4, -0.2) is 38.1 Å². The zero-order chi connectivity index (χ0) is 35.5. The second kappa shape index (κ2) is 14.4. The molecule has 1 N–H and O–H groups in total. The van der Waals surface area contributed by atoms with Gasteiger partial charge in [-0.3, -0.25) is 14.7 Å². The Morgan fingerprint density at radius 3 is 2.29 bits per heavy atom. The van der Waals surface area contributed by atoms with Crippen LogP contribution >= 0.6 is 0 Å². The van der Waals surface area contributed by atoms with Gasteiger partial charge in [0.2, 0.25) is 5.88 Å². The van der Waals surface area contributed by atoms with Crippen LogP contribution in [0, 0.1) is 11.6 Å². The fourth-order valence-electron chi connectivity index (χ4n) is 5.69. The third kappa shape index (κ3) is 7.69. The second-order valence-electron chi connectivity index (χ2n) is 12.7. The minimum Gasteiger partial charge on any atom is -0.480 e. The molecular weight excluding hydrogens is 632 g/mol. The SMILES string of the molecule is CC/C(C)=C/CC1=C(c2ccc(NC(=O)OC(C)(C)C)cc2)CCc2c1c(=O)n(-c1ccc(OC)nn1)c(=O)n2Cc1c(F)cccc1F. The molecule has 1 amide bonds. The van der Waals surface area contributed by atoms with Crippen molar-refractivity contribution in [3.63, 3.8) is 0 Å². The molecule has 1 aliphatic rings. The molecule has 0 spiro atoms. The van der Waals surface area contributed by atoms with Gasteiger partial charge in [0.15, 0.2) is 5.82 Å². The highest BCUT2D eigenvalue weighted by Gasteiger charge is 2.30. The molecule has 0 unspecified atom stereocenters. The van der Waals surface area contributed by atoms with Crippen molar-refractivity contribution in [2.24, 2.45) is 0 Å². The fourth-order valence-corrected chi connectivity index (χ4v) is 5.69. The van der Waals surface area contributed by atoms with Crippen molar-refractivity contribution in [2.75, 3.05) is 12.4 Å².